The summed E-state index contributed by atoms with van der Waals surface area (Å²) in [6.07, 6.45) is 0. The molecule has 0 amide bonds. The van der Waals surface area contributed by atoms with Gasteiger partial charge in [-0.1, -0.05) is 46.3 Å². The quantitative estimate of drug-likeness (QED) is 0.157. The number of ether oxygens (including phenoxy) is 1. The molecule has 8 heteroatoms. The van der Waals surface area contributed by atoms with Gasteiger partial charge in [0.25, 0.3) is 0 Å². The number of halogens is 1. The van der Waals surface area contributed by atoms with Gasteiger partial charge in [0.1, 0.15) is 17.4 Å². The summed E-state index contributed by atoms with van der Waals surface area (Å²) >= 11 is 8.95. The Bertz CT molecular complexity index is 1260. The second-order valence-corrected chi connectivity index (χ2v) is 8.52. The Hall–Kier alpha value is -3.20. The first-order chi connectivity index (χ1) is 16.0. The molecule has 6 nitrogen and oxygen atoms in total. The highest BCUT2D eigenvalue weighted by Crippen LogP contribution is 2.29. The molecule has 4 aromatic rings. The first kappa shape index (κ1) is 23.0. The van der Waals surface area contributed by atoms with Crippen LogP contribution in [-0.2, 0) is 4.74 Å². The van der Waals surface area contributed by atoms with Crippen LogP contribution in [0.1, 0.15) is 34.6 Å². The first-order valence-corrected chi connectivity index (χ1v) is 11.6. The molecule has 33 heavy (non-hydrogen) atoms. The Balaban J connectivity index is 1.46. The highest BCUT2D eigenvalue weighted by atomic mass is 79.9. The number of esters is 1. The lowest BCUT2D eigenvalue weighted by Crippen LogP contribution is -2.42. The molecular formula is C25H22BrN3O3S. The van der Waals surface area contributed by atoms with Crippen LogP contribution in [0.5, 0.6) is 0 Å². The number of benzene rings is 3. The summed E-state index contributed by atoms with van der Waals surface area (Å²) in [4.78, 5) is 11.8. The monoisotopic (exact) mass is 523 g/mol. The molecule has 4 rings (SSSR count). The second-order valence-electron chi connectivity index (χ2n) is 7.20. The van der Waals surface area contributed by atoms with Gasteiger partial charge in [-0.25, -0.2) is 10.2 Å². The van der Waals surface area contributed by atoms with Crippen molar-refractivity contribution < 1.29 is 13.9 Å². The van der Waals surface area contributed by atoms with Crippen LogP contribution in [-0.4, -0.2) is 17.7 Å². The molecule has 168 valence electrons. The summed E-state index contributed by atoms with van der Waals surface area (Å²) in [6, 6.07) is 24.5. The maximum atomic E-state index is 11.8. The first-order valence-electron chi connectivity index (χ1n) is 10.4. The molecule has 0 aliphatic carbocycles. The van der Waals surface area contributed by atoms with Gasteiger partial charge >= 0.3 is 5.97 Å². The maximum absolute atomic E-state index is 11.8. The molecule has 0 aliphatic rings. The molecule has 0 saturated carbocycles. The van der Waals surface area contributed by atoms with Crippen LogP contribution < -0.4 is 16.2 Å². The van der Waals surface area contributed by atoms with E-state index in [2.05, 4.69) is 32.1 Å². The summed E-state index contributed by atoms with van der Waals surface area (Å²) in [6.45, 7) is 2.11. The summed E-state index contributed by atoms with van der Waals surface area (Å²) in [5, 5.41) is 4.48. The molecule has 3 N–H and O–H groups in total. The zero-order valence-electron chi connectivity index (χ0n) is 17.8. The van der Waals surface area contributed by atoms with E-state index in [9.17, 15) is 4.79 Å². The zero-order valence-corrected chi connectivity index (χ0v) is 20.2. The lowest BCUT2D eigenvalue weighted by Gasteiger charge is -2.19. The molecule has 0 radical (unpaired) electrons. The smallest absolute Gasteiger partial charge is 0.338 e. The molecular weight excluding hydrogens is 502 g/mol. The molecule has 1 atom stereocenters. The normalized spacial score (nSPS) is 11.7. The van der Waals surface area contributed by atoms with Crippen molar-refractivity contribution in [3.63, 3.8) is 0 Å². The van der Waals surface area contributed by atoms with Gasteiger partial charge in [-0.3, -0.25) is 5.43 Å². The van der Waals surface area contributed by atoms with Crippen LogP contribution in [0.2, 0.25) is 0 Å². The summed E-state index contributed by atoms with van der Waals surface area (Å²) < 4.78 is 12.1. The van der Waals surface area contributed by atoms with Gasteiger partial charge in [0.05, 0.1) is 12.2 Å². The summed E-state index contributed by atoms with van der Waals surface area (Å²) in [5.41, 5.74) is 9.36. The van der Waals surface area contributed by atoms with Crippen molar-refractivity contribution in [1.29, 1.82) is 0 Å². The highest BCUT2D eigenvalue weighted by molar-refractivity contribution is 9.10. The van der Waals surface area contributed by atoms with E-state index in [4.69, 9.17) is 21.4 Å². The number of thiocarbonyl (C=S) groups is 1. The second kappa shape index (κ2) is 10.6. The molecule has 0 saturated heterocycles. The van der Waals surface area contributed by atoms with Crippen molar-refractivity contribution in [3.8, 4) is 0 Å². The zero-order chi connectivity index (χ0) is 23.2. The SMILES string of the molecule is CCOC(=O)c1ccc(NC(=S)NNC(c2ccccc2)c2cc3cc(Br)ccc3o2)cc1. The molecule has 1 unspecified atom stereocenters. The third-order valence-electron chi connectivity index (χ3n) is 4.90. The van der Waals surface area contributed by atoms with Crippen LogP contribution in [0.3, 0.4) is 0 Å². The van der Waals surface area contributed by atoms with Gasteiger partial charge in [0.2, 0.25) is 0 Å². The van der Waals surface area contributed by atoms with Gasteiger partial charge in [-0.05, 0) is 73.2 Å². The fourth-order valence-corrected chi connectivity index (χ4v) is 3.90. The van der Waals surface area contributed by atoms with Crippen LogP contribution in [0, 0.1) is 0 Å². The maximum Gasteiger partial charge on any atom is 0.338 e. The van der Waals surface area contributed by atoms with Gasteiger partial charge in [-0.15, -0.1) is 0 Å². The molecule has 0 fully saturated rings. The van der Waals surface area contributed by atoms with Gasteiger partial charge in [0, 0.05) is 15.5 Å². The van der Waals surface area contributed by atoms with Crippen molar-refractivity contribution in [1.82, 2.24) is 10.9 Å². The van der Waals surface area contributed by atoms with Crippen LogP contribution in [0.15, 0.2) is 87.8 Å². The number of carbonyl (C=O) groups excluding carboxylic acids is 1. The van der Waals surface area contributed by atoms with E-state index in [-0.39, 0.29) is 12.0 Å². The van der Waals surface area contributed by atoms with E-state index in [0.29, 0.717) is 17.3 Å². The predicted octanol–water partition coefficient (Wildman–Crippen LogP) is 5.95. The lowest BCUT2D eigenvalue weighted by atomic mass is 10.1. The topological polar surface area (TPSA) is 75.5 Å². The third-order valence-corrected chi connectivity index (χ3v) is 5.60. The Labute approximate surface area is 205 Å². The Kier molecular flexibility index (Phi) is 7.39. The summed E-state index contributed by atoms with van der Waals surface area (Å²) in [7, 11) is 0. The number of hydrazine groups is 1. The van der Waals surface area contributed by atoms with E-state index in [1.54, 1.807) is 31.2 Å². The number of furan rings is 1. The van der Waals surface area contributed by atoms with Gasteiger partial charge < -0.3 is 14.5 Å². The summed E-state index contributed by atoms with van der Waals surface area (Å²) in [5.74, 6) is 0.401. The Morgan fingerprint density at radius 1 is 1.06 bits per heavy atom. The van der Waals surface area contributed by atoms with Crippen molar-refractivity contribution in [3.05, 3.63) is 100 Å². The van der Waals surface area contributed by atoms with E-state index in [0.717, 1.165) is 32.5 Å². The number of carbonyl (C=O) groups is 1. The average molecular weight is 524 g/mol. The Morgan fingerprint density at radius 2 is 1.82 bits per heavy atom. The number of hydrogen-bond acceptors (Lipinski definition) is 5. The van der Waals surface area contributed by atoms with E-state index in [1.807, 2.05) is 54.6 Å². The number of rotatable bonds is 7. The van der Waals surface area contributed by atoms with Crippen LogP contribution in [0.25, 0.3) is 11.0 Å². The molecule has 1 aromatic heterocycles. The predicted molar refractivity (Wildman–Crippen MR) is 137 cm³/mol. The minimum Gasteiger partial charge on any atom is -0.462 e. The molecule has 0 bridgehead atoms. The fourth-order valence-electron chi connectivity index (χ4n) is 3.35. The average Bonchev–Trinajstić information content (AvgIpc) is 3.23. The van der Waals surface area contributed by atoms with Gasteiger partial charge in [0.15, 0.2) is 5.11 Å². The third kappa shape index (κ3) is 5.78. The standard InChI is InChI=1S/C25H22BrN3O3S/c1-2-31-24(30)17-8-11-20(12-9-17)27-25(33)29-28-23(16-6-4-3-5-7-16)22-15-18-14-19(26)10-13-21(18)32-22/h3-15,23,28H,2H2,1H3,(H2,27,29,33). The fraction of sp³-hybridized carbons (Fsp3) is 0.120. The minimum atomic E-state index is -0.352. The molecule has 3 aromatic carbocycles. The van der Waals surface area contributed by atoms with Crippen molar-refractivity contribution in [2.75, 3.05) is 11.9 Å². The van der Waals surface area contributed by atoms with E-state index < -0.39 is 0 Å². The van der Waals surface area contributed by atoms with Crippen LogP contribution in [0.4, 0.5) is 5.69 Å². The molecule has 1 heterocycles. The molecule has 0 spiro atoms. The lowest BCUT2D eigenvalue weighted by molar-refractivity contribution is 0.0526. The largest absolute Gasteiger partial charge is 0.462 e. The minimum absolute atomic E-state index is 0.275. The van der Waals surface area contributed by atoms with Crippen molar-refractivity contribution in [2.24, 2.45) is 0 Å². The van der Waals surface area contributed by atoms with E-state index in [1.165, 1.54) is 0 Å². The van der Waals surface area contributed by atoms with Crippen molar-refractivity contribution >= 4 is 55.9 Å². The Morgan fingerprint density at radius 3 is 2.55 bits per heavy atom. The number of hydrogen-bond donors (Lipinski definition) is 3. The number of nitrogens with one attached hydrogen (secondary N) is 3. The van der Waals surface area contributed by atoms with Crippen LogP contribution >= 0.6 is 28.1 Å². The van der Waals surface area contributed by atoms with Gasteiger partial charge in [-0.2, -0.15) is 0 Å². The highest BCUT2D eigenvalue weighted by Gasteiger charge is 2.19. The van der Waals surface area contributed by atoms with E-state index >= 15 is 0 Å². The van der Waals surface area contributed by atoms with Crippen molar-refractivity contribution in [2.45, 2.75) is 13.0 Å². The number of anilines is 1. The molecule has 0 aliphatic heterocycles. The number of fused-ring (bicyclic) bond motifs is 1.